The molecule has 0 aliphatic carbocycles. The van der Waals surface area contributed by atoms with Crippen LogP contribution < -0.4 is 10.1 Å². The third-order valence-electron chi connectivity index (χ3n) is 3.97. The average Bonchev–Trinajstić information content (AvgIpc) is 3.18. The summed E-state index contributed by atoms with van der Waals surface area (Å²) in [7, 11) is 0. The van der Waals surface area contributed by atoms with E-state index in [0.29, 0.717) is 23.7 Å². The lowest BCUT2D eigenvalue weighted by atomic mass is 10.2. The van der Waals surface area contributed by atoms with Crippen LogP contribution in [0.5, 0.6) is 5.75 Å². The molecule has 0 unspecified atom stereocenters. The second-order valence-corrected chi connectivity index (χ2v) is 6.22. The number of benzene rings is 2. The topological polar surface area (TPSA) is 99.3 Å². The van der Waals surface area contributed by atoms with Gasteiger partial charge in [-0.1, -0.05) is 19.1 Å². The van der Waals surface area contributed by atoms with Crippen LogP contribution in [0.1, 0.15) is 29.4 Å². The van der Waals surface area contributed by atoms with Gasteiger partial charge in [0.05, 0.1) is 22.9 Å². The van der Waals surface area contributed by atoms with Crippen LogP contribution in [0.15, 0.2) is 54.7 Å². The van der Waals surface area contributed by atoms with Crippen LogP contribution in [0.3, 0.4) is 0 Å². The van der Waals surface area contributed by atoms with E-state index in [0.717, 1.165) is 12.0 Å². The van der Waals surface area contributed by atoms with Crippen molar-refractivity contribution in [2.45, 2.75) is 20.3 Å². The van der Waals surface area contributed by atoms with Crippen molar-refractivity contribution >= 4 is 17.3 Å². The van der Waals surface area contributed by atoms with E-state index >= 15 is 0 Å². The van der Waals surface area contributed by atoms with Gasteiger partial charge in [-0.15, -0.1) is 0 Å². The molecular formula is C20H20N4O4. The van der Waals surface area contributed by atoms with E-state index in [4.69, 9.17) is 4.74 Å². The van der Waals surface area contributed by atoms with Gasteiger partial charge in [0.15, 0.2) is 5.69 Å². The van der Waals surface area contributed by atoms with Crippen molar-refractivity contribution in [1.29, 1.82) is 0 Å². The number of aromatic nitrogens is 2. The summed E-state index contributed by atoms with van der Waals surface area (Å²) in [5, 5.41) is 18.0. The largest absolute Gasteiger partial charge is 0.491 e. The predicted molar refractivity (Wildman–Crippen MR) is 105 cm³/mol. The SMILES string of the molecule is CCCOc1cc(C)ccc1NC(=O)c1ccn(-c2cccc([N+](=O)[O-])c2)n1. The van der Waals surface area contributed by atoms with Gasteiger partial charge in [-0.05, 0) is 43.2 Å². The molecule has 1 heterocycles. The molecule has 3 aromatic rings. The number of nitrogens with zero attached hydrogens (tertiary/aromatic N) is 3. The van der Waals surface area contributed by atoms with Crippen LogP contribution in [0, 0.1) is 17.0 Å². The number of aryl methyl sites for hydroxylation is 1. The molecule has 8 heteroatoms. The molecule has 1 N–H and O–H groups in total. The molecule has 0 atom stereocenters. The number of rotatable bonds is 7. The van der Waals surface area contributed by atoms with Crippen LogP contribution >= 0.6 is 0 Å². The smallest absolute Gasteiger partial charge is 0.276 e. The number of nitro benzene ring substituents is 1. The molecule has 28 heavy (non-hydrogen) atoms. The van der Waals surface area contributed by atoms with E-state index in [1.165, 1.54) is 16.8 Å². The molecule has 0 aliphatic heterocycles. The van der Waals surface area contributed by atoms with Crippen LogP contribution in [0.2, 0.25) is 0 Å². The first-order valence-corrected chi connectivity index (χ1v) is 8.83. The van der Waals surface area contributed by atoms with Gasteiger partial charge >= 0.3 is 0 Å². The van der Waals surface area contributed by atoms with Crippen LogP contribution in [0.25, 0.3) is 5.69 Å². The molecule has 0 fully saturated rings. The van der Waals surface area contributed by atoms with E-state index in [1.54, 1.807) is 30.5 Å². The number of amides is 1. The van der Waals surface area contributed by atoms with E-state index in [-0.39, 0.29) is 11.4 Å². The Bertz CT molecular complexity index is 1010. The Morgan fingerprint density at radius 2 is 2.07 bits per heavy atom. The monoisotopic (exact) mass is 380 g/mol. The fourth-order valence-corrected chi connectivity index (χ4v) is 2.59. The maximum Gasteiger partial charge on any atom is 0.276 e. The Balaban J connectivity index is 1.80. The lowest BCUT2D eigenvalue weighted by molar-refractivity contribution is -0.384. The predicted octanol–water partition coefficient (Wildman–Crippen LogP) is 4.13. The highest BCUT2D eigenvalue weighted by atomic mass is 16.6. The first-order chi connectivity index (χ1) is 13.5. The number of ether oxygens (including phenoxy) is 1. The summed E-state index contributed by atoms with van der Waals surface area (Å²) < 4.78 is 7.13. The minimum absolute atomic E-state index is 0.0450. The molecule has 0 aliphatic rings. The molecule has 0 radical (unpaired) electrons. The number of hydrogen-bond acceptors (Lipinski definition) is 5. The Kier molecular flexibility index (Phi) is 5.69. The van der Waals surface area contributed by atoms with Gasteiger partial charge in [0.1, 0.15) is 5.75 Å². The quantitative estimate of drug-likeness (QED) is 0.491. The van der Waals surface area contributed by atoms with Crippen molar-refractivity contribution < 1.29 is 14.5 Å². The summed E-state index contributed by atoms with van der Waals surface area (Å²) >= 11 is 0. The van der Waals surface area contributed by atoms with Gasteiger partial charge in [-0.2, -0.15) is 5.10 Å². The highest BCUT2D eigenvalue weighted by Gasteiger charge is 2.14. The lowest BCUT2D eigenvalue weighted by Crippen LogP contribution is -2.14. The van der Waals surface area contributed by atoms with E-state index in [9.17, 15) is 14.9 Å². The Morgan fingerprint density at radius 3 is 2.82 bits per heavy atom. The van der Waals surface area contributed by atoms with Crippen LogP contribution in [0.4, 0.5) is 11.4 Å². The van der Waals surface area contributed by atoms with Crippen molar-refractivity contribution in [3.63, 3.8) is 0 Å². The lowest BCUT2D eigenvalue weighted by Gasteiger charge is -2.12. The number of hydrogen-bond donors (Lipinski definition) is 1. The fraction of sp³-hybridized carbons (Fsp3) is 0.200. The number of carbonyl (C=O) groups excluding carboxylic acids is 1. The second kappa shape index (κ2) is 8.34. The number of carbonyl (C=O) groups is 1. The maximum absolute atomic E-state index is 12.6. The molecular weight excluding hydrogens is 360 g/mol. The van der Waals surface area contributed by atoms with Gasteiger partial charge in [-0.25, -0.2) is 4.68 Å². The molecule has 0 saturated heterocycles. The Labute approximate surface area is 161 Å². The van der Waals surface area contributed by atoms with Crippen molar-refractivity contribution in [3.05, 3.63) is 76.1 Å². The Morgan fingerprint density at radius 1 is 1.25 bits per heavy atom. The van der Waals surface area contributed by atoms with Crippen molar-refractivity contribution in [2.24, 2.45) is 0 Å². The highest BCUT2D eigenvalue weighted by molar-refractivity contribution is 6.03. The van der Waals surface area contributed by atoms with E-state index < -0.39 is 10.8 Å². The first kappa shape index (κ1) is 19.1. The van der Waals surface area contributed by atoms with Crippen molar-refractivity contribution in [3.8, 4) is 11.4 Å². The van der Waals surface area contributed by atoms with Gasteiger partial charge in [-0.3, -0.25) is 14.9 Å². The molecule has 144 valence electrons. The third kappa shape index (κ3) is 4.35. The molecule has 1 aromatic heterocycles. The standard InChI is InChI=1S/C20H20N4O4/c1-3-11-28-19-12-14(2)7-8-17(19)21-20(25)18-9-10-23(22-18)15-5-4-6-16(13-15)24(26)27/h4-10,12-13H,3,11H2,1-2H3,(H,21,25). The van der Waals surface area contributed by atoms with Crippen molar-refractivity contribution in [1.82, 2.24) is 9.78 Å². The number of non-ortho nitro benzene ring substituents is 1. The van der Waals surface area contributed by atoms with Crippen LogP contribution in [-0.4, -0.2) is 27.2 Å². The summed E-state index contributed by atoms with van der Waals surface area (Å²) in [6.07, 6.45) is 2.44. The summed E-state index contributed by atoms with van der Waals surface area (Å²) in [4.78, 5) is 23.0. The van der Waals surface area contributed by atoms with Gasteiger partial charge < -0.3 is 10.1 Å². The first-order valence-electron chi connectivity index (χ1n) is 8.83. The zero-order valence-electron chi connectivity index (χ0n) is 15.6. The molecule has 8 nitrogen and oxygen atoms in total. The second-order valence-electron chi connectivity index (χ2n) is 6.22. The molecule has 1 amide bonds. The fourth-order valence-electron chi connectivity index (χ4n) is 2.59. The van der Waals surface area contributed by atoms with Gasteiger partial charge in [0.2, 0.25) is 0 Å². The van der Waals surface area contributed by atoms with Gasteiger partial charge in [0.25, 0.3) is 11.6 Å². The maximum atomic E-state index is 12.6. The average molecular weight is 380 g/mol. The minimum atomic E-state index is -0.476. The molecule has 0 spiro atoms. The van der Waals surface area contributed by atoms with E-state index in [1.807, 2.05) is 26.0 Å². The molecule has 2 aromatic carbocycles. The molecule has 3 rings (SSSR count). The minimum Gasteiger partial charge on any atom is -0.491 e. The highest BCUT2D eigenvalue weighted by Crippen LogP contribution is 2.26. The summed E-state index contributed by atoms with van der Waals surface area (Å²) in [5.74, 6) is 0.211. The molecule has 0 saturated carbocycles. The normalized spacial score (nSPS) is 10.5. The number of nitrogens with one attached hydrogen (secondary N) is 1. The number of anilines is 1. The zero-order chi connectivity index (χ0) is 20.1. The summed E-state index contributed by atoms with van der Waals surface area (Å²) in [6.45, 7) is 4.51. The summed E-state index contributed by atoms with van der Waals surface area (Å²) in [5.41, 5.74) is 2.23. The van der Waals surface area contributed by atoms with Gasteiger partial charge in [0, 0.05) is 18.3 Å². The van der Waals surface area contributed by atoms with Crippen LogP contribution in [-0.2, 0) is 0 Å². The Hall–Kier alpha value is -3.68. The molecule has 0 bridgehead atoms. The van der Waals surface area contributed by atoms with Crippen molar-refractivity contribution in [2.75, 3.05) is 11.9 Å². The van der Waals surface area contributed by atoms with E-state index in [2.05, 4.69) is 10.4 Å². The number of nitro groups is 1. The third-order valence-corrected chi connectivity index (χ3v) is 3.97. The zero-order valence-corrected chi connectivity index (χ0v) is 15.6. The summed E-state index contributed by atoms with van der Waals surface area (Å²) in [6, 6.07) is 13.1.